The molecule has 1 aromatic rings. The average Bonchev–Trinajstić information content (AvgIpc) is 2.88. The highest BCUT2D eigenvalue weighted by Crippen LogP contribution is 2.36. The van der Waals surface area contributed by atoms with Crippen LogP contribution < -0.4 is 10.1 Å². The number of rotatable bonds is 5. The van der Waals surface area contributed by atoms with Gasteiger partial charge in [-0.15, -0.1) is 0 Å². The van der Waals surface area contributed by atoms with Crippen LogP contribution in [0.25, 0.3) is 0 Å². The first kappa shape index (κ1) is 14.1. The molecule has 2 rings (SSSR count). The van der Waals surface area contributed by atoms with Crippen LogP contribution in [-0.4, -0.2) is 25.0 Å². The van der Waals surface area contributed by atoms with Gasteiger partial charge in [0.05, 0.1) is 11.7 Å². The second-order valence-electron chi connectivity index (χ2n) is 5.55. The first-order valence-electron chi connectivity index (χ1n) is 7.10. The third-order valence-electron chi connectivity index (χ3n) is 3.90. The van der Waals surface area contributed by atoms with Crippen LogP contribution in [0.3, 0.4) is 0 Å². The number of nitrogens with one attached hydrogen (secondary N) is 1. The van der Waals surface area contributed by atoms with Gasteiger partial charge in [0.15, 0.2) is 5.78 Å². The van der Waals surface area contributed by atoms with E-state index in [9.17, 15) is 4.79 Å². The molecule has 19 heavy (non-hydrogen) atoms. The molecule has 0 aromatic heterocycles. The van der Waals surface area contributed by atoms with Crippen LogP contribution in [0, 0.1) is 5.41 Å². The molecule has 1 aliphatic rings. The van der Waals surface area contributed by atoms with Crippen molar-refractivity contribution in [2.75, 3.05) is 13.1 Å². The predicted octanol–water partition coefficient (Wildman–Crippen LogP) is 3.05. The standard InChI is InChI=1S/C16H23NO2/c1-4-16(9-10-17-11-16)15(18)13-7-5-6-8-14(13)19-12(2)3/h5-8,12,17H,4,9-11H2,1-3H3. The lowest BCUT2D eigenvalue weighted by Crippen LogP contribution is -2.33. The van der Waals surface area contributed by atoms with Crippen molar-refractivity contribution in [2.45, 2.75) is 39.7 Å². The fourth-order valence-corrected chi connectivity index (χ4v) is 2.70. The van der Waals surface area contributed by atoms with E-state index >= 15 is 0 Å². The predicted molar refractivity (Wildman–Crippen MR) is 76.7 cm³/mol. The Morgan fingerprint density at radius 2 is 2.16 bits per heavy atom. The Hall–Kier alpha value is -1.35. The molecule has 3 nitrogen and oxygen atoms in total. The molecule has 0 spiro atoms. The van der Waals surface area contributed by atoms with Gasteiger partial charge in [-0.25, -0.2) is 0 Å². The lowest BCUT2D eigenvalue weighted by atomic mass is 9.77. The van der Waals surface area contributed by atoms with Crippen molar-refractivity contribution in [3.05, 3.63) is 29.8 Å². The van der Waals surface area contributed by atoms with Crippen LogP contribution >= 0.6 is 0 Å². The summed E-state index contributed by atoms with van der Waals surface area (Å²) in [6.07, 6.45) is 1.86. The number of benzene rings is 1. The highest BCUT2D eigenvalue weighted by molar-refractivity contribution is 6.03. The van der Waals surface area contributed by atoms with E-state index < -0.39 is 0 Å². The van der Waals surface area contributed by atoms with E-state index in [-0.39, 0.29) is 17.3 Å². The molecule has 1 fully saturated rings. The third-order valence-corrected chi connectivity index (χ3v) is 3.90. The van der Waals surface area contributed by atoms with E-state index in [0.29, 0.717) is 5.75 Å². The summed E-state index contributed by atoms with van der Waals surface area (Å²) >= 11 is 0. The van der Waals surface area contributed by atoms with E-state index in [1.807, 2.05) is 38.1 Å². The summed E-state index contributed by atoms with van der Waals surface area (Å²) in [5.74, 6) is 0.929. The van der Waals surface area contributed by atoms with Crippen molar-refractivity contribution in [1.29, 1.82) is 0 Å². The number of ether oxygens (including phenoxy) is 1. The number of carbonyl (C=O) groups excluding carboxylic acids is 1. The first-order valence-corrected chi connectivity index (χ1v) is 7.10. The van der Waals surface area contributed by atoms with Gasteiger partial charge in [-0.2, -0.15) is 0 Å². The van der Waals surface area contributed by atoms with Crippen molar-refractivity contribution < 1.29 is 9.53 Å². The Labute approximate surface area is 115 Å². The monoisotopic (exact) mass is 261 g/mol. The highest BCUT2D eigenvalue weighted by atomic mass is 16.5. The molecule has 0 radical (unpaired) electrons. The van der Waals surface area contributed by atoms with Gasteiger partial charge >= 0.3 is 0 Å². The van der Waals surface area contributed by atoms with Gasteiger partial charge in [-0.05, 0) is 45.4 Å². The summed E-state index contributed by atoms with van der Waals surface area (Å²) in [5, 5.41) is 3.31. The molecule has 1 aromatic carbocycles. The zero-order chi connectivity index (χ0) is 13.9. The second kappa shape index (κ2) is 5.74. The summed E-state index contributed by atoms with van der Waals surface area (Å²) in [6, 6.07) is 7.60. The van der Waals surface area contributed by atoms with Gasteiger partial charge in [0.1, 0.15) is 5.75 Å². The summed E-state index contributed by atoms with van der Waals surface area (Å²) < 4.78 is 5.77. The summed E-state index contributed by atoms with van der Waals surface area (Å²) in [5.41, 5.74) is 0.470. The molecular formula is C16H23NO2. The van der Waals surface area contributed by atoms with E-state index in [1.165, 1.54) is 0 Å². The molecule has 1 saturated heterocycles. The van der Waals surface area contributed by atoms with E-state index in [0.717, 1.165) is 31.5 Å². The largest absolute Gasteiger partial charge is 0.490 e. The van der Waals surface area contributed by atoms with Gasteiger partial charge in [0.25, 0.3) is 0 Å². The number of Topliss-reactive ketones (excluding diaryl/α,β-unsaturated/α-hetero) is 1. The third kappa shape index (κ3) is 2.81. The Kier molecular flexibility index (Phi) is 4.25. The smallest absolute Gasteiger partial charge is 0.174 e. The SMILES string of the molecule is CCC1(C(=O)c2ccccc2OC(C)C)CCNC1. The lowest BCUT2D eigenvalue weighted by Gasteiger charge is -2.26. The Morgan fingerprint density at radius 1 is 1.42 bits per heavy atom. The van der Waals surface area contributed by atoms with Crippen molar-refractivity contribution in [3.8, 4) is 5.75 Å². The first-order chi connectivity index (χ1) is 9.09. The van der Waals surface area contributed by atoms with Crippen molar-refractivity contribution in [1.82, 2.24) is 5.32 Å². The van der Waals surface area contributed by atoms with Gasteiger partial charge in [0, 0.05) is 12.0 Å². The average molecular weight is 261 g/mol. The molecule has 104 valence electrons. The van der Waals surface area contributed by atoms with E-state index in [4.69, 9.17) is 4.74 Å². The molecule has 1 heterocycles. The van der Waals surface area contributed by atoms with Gasteiger partial charge in [-0.3, -0.25) is 4.79 Å². The van der Waals surface area contributed by atoms with Crippen molar-refractivity contribution in [3.63, 3.8) is 0 Å². The quantitative estimate of drug-likeness (QED) is 0.828. The fourth-order valence-electron chi connectivity index (χ4n) is 2.70. The minimum absolute atomic E-state index is 0.0771. The van der Waals surface area contributed by atoms with E-state index in [2.05, 4.69) is 12.2 Å². The molecule has 0 amide bonds. The van der Waals surface area contributed by atoms with Crippen molar-refractivity contribution in [2.24, 2.45) is 5.41 Å². The van der Waals surface area contributed by atoms with Gasteiger partial charge < -0.3 is 10.1 Å². The summed E-state index contributed by atoms with van der Waals surface area (Å²) in [4.78, 5) is 12.9. The van der Waals surface area contributed by atoms with Crippen LogP contribution in [0.4, 0.5) is 0 Å². The minimum atomic E-state index is -0.254. The number of hydrogen-bond donors (Lipinski definition) is 1. The number of para-hydroxylation sites is 1. The minimum Gasteiger partial charge on any atom is -0.490 e. The molecule has 0 bridgehead atoms. The lowest BCUT2D eigenvalue weighted by molar-refractivity contribution is 0.0804. The fraction of sp³-hybridized carbons (Fsp3) is 0.562. The highest BCUT2D eigenvalue weighted by Gasteiger charge is 2.40. The summed E-state index contributed by atoms with van der Waals surface area (Å²) in [6.45, 7) is 7.75. The maximum absolute atomic E-state index is 12.9. The molecule has 1 N–H and O–H groups in total. The van der Waals surface area contributed by atoms with Gasteiger partial charge in [-0.1, -0.05) is 19.1 Å². The maximum Gasteiger partial charge on any atom is 0.174 e. The van der Waals surface area contributed by atoms with Gasteiger partial charge in [0.2, 0.25) is 0 Å². The van der Waals surface area contributed by atoms with Crippen LogP contribution in [0.15, 0.2) is 24.3 Å². The number of ketones is 1. The molecule has 1 aliphatic heterocycles. The second-order valence-corrected chi connectivity index (χ2v) is 5.55. The number of hydrogen-bond acceptors (Lipinski definition) is 3. The Morgan fingerprint density at radius 3 is 2.74 bits per heavy atom. The molecule has 0 saturated carbocycles. The summed E-state index contributed by atoms with van der Waals surface area (Å²) in [7, 11) is 0. The zero-order valence-electron chi connectivity index (χ0n) is 12.0. The number of carbonyl (C=O) groups is 1. The molecule has 0 aliphatic carbocycles. The van der Waals surface area contributed by atoms with E-state index in [1.54, 1.807) is 0 Å². The van der Waals surface area contributed by atoms with Crippen LogP contribution in [-0.2, 0) is 0 Å². The Balaban J connectivity index is 2.33. The topological polar surface area (TPSA) is 38.3 Å². The molecule has 1 atom stereocenters. The van der Waals surface area contributed by atoms with Crippen LogP contribution in [0.1, 0.15) is 44.0 Å². The van der Waals surface area contributed by atoms with Crippen molar-refractivity contribution >= 4 is 5.78 Å². The maximum atomic E-state index is 12.9. The van der Waals surface area contributed by atoms with Crippen LogP contribution in [0.2, 0.25) is 0 Å². The molecule has 3 heteroatoms. The Bertz CT molecular complexity index is 448. The zero-order valence-corrected chi connectivity index (χ0v) is 12.0. The normalized spacial score (nSPS) is 22.7. The molecular weight excluding hydrogens is 238 g/mol. The molecule has 1 unspecified atom stereocenters. The van der Waals surface area contributed by atoms with Crippen LogP contribution in [0.5, 0.6) is 5.75 Å².